The van der Waals surface area contributed by atoms with E-state index in [4.69, 9.17) is 9.47 Å². The molecule has 6 nitrogen and oxygen atoms in total. The maximum absolute atomic E-state index is 12.5. The lowest BCUT2D eigenvalue weighted by atomic mass is 10.0. The summed E-state index contributed by atoms with van der Waals surface area (Å²) in [6, 6.07) is 6.59. The molecule has 0 bridgehead atoms. The van der Waals surface area contributed by atoms with Crippen LogP contribution in [0.5, 0.6) is 0 Å². The Morgan fingerprint density at radius 3 is 2.77 bits per heavy atom. The molecule has 2 unspecified atom stereocenters. The highest BCUT2D eigenvalue weighted by molar-refractivity contribution is 5.91. The third kappa shape index (κ3) is 4.05. The van der Waals surface area contributed by atoms with Gasteiger partial charge < -0.3 is 19.5 Å². The van der Waals surface area contributed by atoms with E-state index in [9.17, 15) is 14.7 Å². The Labute approximate surface area is 129 Å². The first kappa shape index (κ1) is 16.5. The van der Waals surface area contributed by atoms with Gasteiger partial charge in [-0.25, -0.2) is 4.79 Å². The zero-order valence-electron chi connectivity index (χ0n) is 12.8. The van der Waals surface area contributed by atoms with Crippen molar-refractivity contribution < 1.29 is 24.2 Å². The van der Waals surface area contributed by atoms with Gasteiger partial charge in [0.15, 0.2) is 0 Å². The average molecular weight is 307 g/mol. The van der Waals surface area contributed by atoms with E-state index >= 15 is 0 Å². The first-order chi connectivity index (χ1) is 10.5. The molecule has 2 atom stereocenters. The molecule has 0 spiro atoms. The lowest BCUT2D eigenvalue weighted by Crippen LogP contribution is -2.51. The van der Waals surface area contributed by atoms with Crippen molar-refractivity contribution in [2.45, 2.75) is 25.6 Å². The van der Waals surface area contributed by atoms with Gasteiger partial charge in [0, 0.05) is 20.2 Å². The van der Waals surface area contributed by atoms with E-state index in [-0.39, 0.29) is 30.1 Å². The molecule has 120 valence electrons. The van der Waals surface area contributed by atoms with Crippen molar-refractivity contribution in [2.24, 2.45) is 0 Å². The van der Waals surface area contributed by atoms with Gasteiger partial charge in [-0.15, -0.1) is 0 Å². The fraction of sp³-hybridized carbons (Fsp3) is 0.500. The fourth-order valence-corrected chi connectivity index (χ4v) is 2.68. The van der Waals surface area contributed by atoms with Crippen molar-refractivity contribution in [3.05, 3.63) is 35.4 Å². The Morgan fingerprint density at radius 1 is 1.36 bits per heavy atom. The zero-order chi connectivity index (χ0) is 16.1. The van der Waals surface area contributed by atoms with Crippen LogP contribution >= 0.6 is 0 Å². The molecule has 1 aliphatic heterocycles. The van der Waals surface area contributed by atoms with Crippen molar-refractivity contribution in [3.8, 4) is 0 Å². The van der Waals surface area contributed by atoms with E-state index in [2.05, 4.69) is 0 Å². The molecular weight excluding hydrogens is 286 g/mol. The zero-order valence-corrected chi connectivity index (χ0v) is 12.8. The number of carboxylic acid groups (broad SMARTS) is 1. The first-order valence-electron chi connectivity index (χ1n) is 7.24. The molecule has 0 radical (unpaired) electrons. The molecule has 1 heterocycles. The van der Waals surface area contributed by atoms with Gasteiger partial charge in [-0.1, -0.05) is 18.2 Å². The van der Waals surface area contributed by atoms with E-state index in [0.29, 0.717) is 25.3 Å². The van der Waals surface area contributed by atoms with E-state index in [0.717, 1.165) is 0 Å². The smallest absolute Gasteiger partial charge is 0.335 e. The number of ether oxygens (including phenoxy) is 2. The quantitative estimate of drug-likeness (QED) is 0.884. The summed E-state index contributed by atoms with van der Waals surface area (Å²) < 4.78 is 10.8. The molecule has 0 saturated carbocycles. The number of benzene rings is 1. The SMILES string of the molecule is COCC1CN(C(=O)Cc2ccccc2C(=O)O)CC(C)O1. The van der Waals surface area contributed by atoms with Crippen LogP contribution in [0.25, 0.3) is 0 Å². The van der Waals surface area contributed by atoms with Gasteiger partial charge >= 0.3 is 5.97 Å². The van der Waals surface area contributed by atoms with Crippen LogP contribution in [0.15, 0.2) is 24.3 Å². The Bertz CT molecular complexity index is 545. The Hall–Kier alpha value is -1.92. The third-order valence-corrected chi connectivity index (χ3v) is 3.62. The number of hydrogen-bond donors (Lipinski definition) is 1. The van der Waals surface area contributed by atoms with Crippen LogP contribution in [0.2, 0.25) is 0 Å². The second-order valence-corrected chi connectivity index (χ2v) is 5.46. The summed E-state index contributed by atoms with van der Waals surface area (Å²) in [5.74, 6) is -1.11. The monoisotopic (exact) mass is 307 g/mol. The molecule has 1 aliphatic rings. The largest absolute Gasteiger partial charge is 0.478 e. The van der Waals surface area contributed by atoms with Crippen molar-refractivity contribution in [1.29, 1.82) is 0 Å². The van der Waals surface area contributed by atoms with Crippen molar-refractivity contribution in [2.75, 3.05) is 26.8 Å². The molecule has 6 heteroatoms. The minimum atomic E-state index is -1.02. The van der Waals surface area contributed by atoms with E-state index < -0.39 is 5.97 Å². The van der Waals surface area contributed by atoms with Crippen LogP contribution < -0.4 is 0 Å². The predicted octanol–water partition coefficient (Wildman–Crippen LogP) is 1.19. The number of aromatic carboxylic acids is 1. The molecule has 1 aromatic rings. The minimum Gasteiger partial charge on any atom is -0.478 e. The molecule has 1 aromatic carbocycles. The molecule has 1 N–H and O–H groups in total. The molecule has 22 heavy (non-hydrogen) atoms. The highest BCUT2D eigenvalue weighted by Crippen LogP contribution is 2.15. The summed E-state index contributed by atoms with van der Waals surface area (Å²) in [6.07, 6.45) is -0.130. The maximum Gasteiger partial charge on any atom is 0.335 e. The van der Waals surface area contributed by atoms with Crippen molar-refractivity contribution in [1.82, 2.24) is 4.90 Å². The number of methoxy groups -OCH3 is 1. The van der Waals surface area contributed by atoms with Gasteiger partial charge in [0.1, 0.15) is 0 Å². The van der Waals surface area contributed by atoms with Crippen LogP contribution in [-0.2, 0) is 20.7 Å². The molecule has 2 rings (SSSR count). The molecule has 1 saturated heterocycles. The van der Waals surface area contributed by atoms with Crippen LogP contribution in [0.1, 0.15) is 22.8 Å². The standard InChI is InChI=1S/C16H21NO5/c1-11-8-17(9-13(22-11)10-21-2)15(18)7-12-5-3-4-6-14(12)16(19)20/h3-6,11,13H,7-10H2,1-2H3,(H,19,20). The minimum absolute atomic E-state index is 0.0624. The first-order valence-corrected chi connectivity index (χ1v) is 7.24. The second kappa shape index (κ2) is 7.38. The normalized spacial score (nSPS) is 21.6. The van der Waals surface area contributed by atoms with Crippen molar-refractivity contribution in [3.63, 3.8) is 0 Å². The van der Waals surface area contributed by atoms with E-state index in [1.165, 1.54) is 6.07 Å². The summed E-state index contributed by atoms with van der Waals surface area (Å²) >= 11 is 0. The van der Waals surface area contributed by atoms with Gasteiger partial charge in [0.25, 0.3) is 0 Å². The summed E-state index contributed by atoms with van der Waals surface area (Å²) in [4.78, 5) is 25.4. The van der Waals surface area contributed by atoms with Crippen LogP contribution in [0.3, 0.4) is 0 Å². The molecule has 1 amide bonds. The third-order valence-electron chi connectivity index (χ3n) is 3.62. The van der Waals surface area contributed by atoms with E-state index in [1.807, 2.05) is 6.92 Å². The van der Waals surface area contributed by atoms with Crippen LogP contribution in [-0.4, -0.2) is 60.9 Å². The Balaban J connectivity index is 2.07. The number of amides is 1. The lowest BCUT2D eigenvalue weighted by molar-refractivity contribution is -0.147. The Morgan fingerprint density at radius 2 is 2.09 bits per heavy atom. The lowest BCUT2D eigenvalue weighted by Gasteiger charge is -2.36. The second-order valence-electron chi connectivity index (χ2n) is 5.46. The number of carbonyl (C=O) groups excluding carboxylic acids is 1. The highest BCUT2D eigenvalue weighted by atomic mass is 16.5. The van der Waals surface area contributed by atoms with Gasteiger partial charge in [-0.05, 0) is 18.6 Å². The van der Waals surface area contributed by atoms with Gasteiger partial charge in [-0.2, -0.15) is 0 Å². The fourth-order valence-electron chi connectivity index (χ4n) is 2.68. The topological polar surface area (TPSA) is 76.1 Å². The Kier molecular flexibility index (Phi) is 5.51. The highest BCUT2D eigenvalue weighted by Gasteiger charge is 2.28. The molecular formula is C16H21NO5. The average Bonchev–Trinajstić information content (AvgIpc) is 2.47. The van der Waals surface area contributed by atoms with Crippen molar-refractivity contribution >= 4 is 11.9 Å². The number of carboxylic acids is 1. The maximum atomic E-state index is 12.5. The van der Waals surface area contributed by atoms with Gasteiger partial charge in [0.2, 0.25) is 5.91 Å². The summed E-state index contributed by atoms with van der Waals surface area (Å²) in [6.45, 7) is 3.31. The molecule has 1 fully saturated rings. The summed E-state index contributed by atoms with van der Waals surface area (Å²) in [5, 5.41) is 9.18. The summed E-state index contributed by atoms with van der Waals surface area (Å²) in [7, 11) is 1.60. The number of hydrogen-bond acceptors (Lipinski definition) is 4. The molecule has 0 aromatic heterocycles. The van der Waals surface area contributed by atoms with Crippen LogP contribution in [0.4, 0.5) is 0 Å². The number of nitrogens with zero attached hydrogens (tertiary/aromatic N) is 1. The predicted molar refractivity (Wildman–Crippen MR) is 79.9 cm³/mol. The van der Waals surface area contributed by atoms with Crippen LogP contribution in [0, 0.1) is 0 Å². The van der Waals surface area contributed by atoms with E-state index in [1.54, 1.807) is 30.2 Å². The van der Waals surface area contributed by atoms with Gasteiger partial charge in [-0.3, -0.25) is 4.79 Å². The summed E-state index contributed by atoms with van der Waals surface area (Å²) in [5.41, 5.74) is 0.702. The number of rotatable bonds is 5. The van der Waals surface area contributed by atoms with Gasteiger partial charge in [0.05, 0.1) is 30.8 Å². The molecule has 0 aliphatic carbocycles. The number of carbonyl (C=O) groups is 2. The number of morpholine rings is 1.